The zero-order valence-corrected chi connectivity index (χ0v) is 7.60. The average Bonchev–Trinajstić information content (AvgIpc) is 2.04. The Morgan fingerprint density at radius 3 is 2.50 bits per heavy atom. The van der Waals surface area contributed by atoms with Crippen molar-refractivity contribution in [3.05, 3.63) is 42.2 Å². The van der Waals surface area contributed by atoms with Crippen LogP contribution in [0, 0.1) is 6.92 Å². The van der Waals surface area contributed by atoms with Crippen LogP contribution in [0.2, 0.25) is 0 Å². The molecule has 0 fully saturated rings. The van der Waals surface area contributed by atoms with Crippen molar-refractivity contribution < 1.29 is 17.4 Å². The third kappa shape index (κ3) is 1.56. The van der Waals surface area contributed by atoms with Crippen molar-refractivity contribution in [2.75, 3.05) is 0 Å². The number of H-pyrrole nitrogens is 1. The van der Waals surface area contributed by atoms with E-state index in [9.17, 15) is 0 Å². The molecule has 1 heterocycles. The van der Waals surface area contributed by atoms with Crippen molar-refractivity contribution in [1.29, 1.82) is 0 Å². The second kappa shape index (κ2) is 3.55. The lowest BCUT2D eigenvalue weighted by Crippen LogP contribution is -3.00. The lowest BCUT2D eigenvalue weighted by atomic mass is 10.1. The summed E-state index contributed by atoms with van der Waals surface area (Å²) in [5.41, 5.74) is 1.20. The molecule has 0 saturated heterocycles. The summed E-state index contributed by atoms with van der Waals surface area (Å²) in [6, 6.07) is 10.5. The summed E-state index contributed by atoms with van der Waals surface area (Å²) in [7, 11) is 0. The maximum atomic E-state index is 3.17. The fourth-order valence-electron chi connectivity index (χ4n) is 1.24. The number of hydrogen-bond donors (Lipinski definition) is 0. The Balaban J connectivity index is 0.000000720. The van der Waals surface area contributed by atoms with Crippen LogP contribution in [0.3, 0.4) is 0 Å². The highest BCUT2D eigenvalue weighted by Crippen LogP contribution is 2.10. The van der Waals surface area contributed by atoms with E-state index in [2.05, 4.69) is 36.2 Å². The van der Waals surface area contributed by atoms with Crippen molar-refractivity contribution in [3.8, 4) is 0 Å². The lowest BCUT2D eigenvalue weighted by Gasteiger charge is -1.91. The number of aryl methyl sites for hydroxylation is 1. The number of aromatic amines is 1. The van der Waals surface area contributed by atoms with Gasteiger partial charge >= 0.3 is 0 Å². The van der Waals surface area contributed by atoms with Crippen LogP contribution in [-0.2, 0) is 0 Å². The largest absolute Gasteiger partial charge is 1.00 e. The first-order valence-electron chi connectivity index (χ1n) is 3.73. The monoisotopic (exact) mass is 179 g/mol. The Morgan fingerprint density at radius 2 is 1.75 bits per heavy atom. The first kappa shape index (κ1) is 9.01. The molecule has 0 aliphatic heterocycles. The molecule has 0 saturated carbocycles. The van der Waals surface area contributed by atoms with Gasteiger partial charge < -0.3 is 12.4 Å². The molecule has 0 atom stereocenters. The number of fused-ring (bicyclic) bond motifs is 1. The highest BCUT2D eigenvalue weighted by atomic mass is 35.5. The number of benzene rings is 1. The molecule has 1 aromatic heterocycles. The Bertz CT molecular complexity index is 384. The summed E-state index contributed by atoms with van der Waals surface area (Å²) in [6.07, 6.45) is 2.03. The average molecular weight is 180 g/mol. The Hall–Kier alpha value is -1.08. The molecule has 0 aliphatic rings. The van der Waals surface area contributed by atoms with Gasteiger partial charge in [0.1, 0.15) is 0 Å². The molecule has 1 N–H and O–H groups in total. The van der Waals surface area contributed by atoms with Gasteiger partial charge in [0, 0.05) is 18.4 Å². The van der Waals surface area contributed by atoms with Gasteiger partial charge in [0.2, 0.25) is 0 Å². The van der Waals surface area contributed by atoms with Gasteiger partial charge in [-0.3, -0.25) is 0 Å². The van der Waals surface area contributed by atoms with Crippen molar-refractivity contribution in [1.82, 2.24) is 0 Å². The van der Waals surface area contributed by atoms with Crippen LogP contribution in [0.4, 0.5) is 0 Å². The highest BCUT2D eigenvalue weighted by molar-refractivity contribution is 5.80. The first-order valence-corrected chi connectivity index (χ1v) is 3.73. The molecule has 0 bridgehead atoms. The molecule has 1 nitrogen and oxygen atoms in total. The van der Waals surface area contributed by atoms with Crippen molar-refractivity contribution in [3.63, 3.8) is 0 Å². The summed E-state index contributed by atoms with van der Waals surface area (Å²) in [4.78, 5) is 3.17. The number of pyridine rings is 1. The van der Waals surface area contributed by atoms with Gasteiger partial charge in [0.05, 0.1) is 0 Å². The maximum Gasteiger partial charge on any atom is 0.177 e. The van der Waals surface area contributed by atoms with Crippen molar-refractivity contribution in [2.24, 2.45) is 0 Å². The first-order chi connectivity index (χ1) is 5.36. The van der Waals surface area contributed by atoms with E-state index in [-0.39, 0.29) is 12.4 Å². The molecule has 0 unspecified atom stereocenters. The van der Waals surface area contributed by atoms with Crippen LogP contribution in [0.25, 0.3) is 10.8 Å². The zero-order chi connectivity index (χ0) is 7.68. The number of nitrogens with one attached hydrogen (secondary N) is 1. The summed E-state index contributed by atoms with van der Waals surface area (Å²) in [6.45, 7) is 2.06. The molecule has 12 heavy (non-hydrogen) atoms. The number of aromatic nitrogens is 1. The van der Waals surface area contributed by atoms with E-state index in [1.165, 1.54) is 16.5 Å². The molecule has 0 radical (unpaired) electrons. The molecule has 0 amide bonds. The third-order valence-electron chi connectivity index (χ3n) is 1.82. The molecule has 2 rings (SSSR count). The minimum atomic E-state index is 0. The molecular formula is C10H10ClN. The van der Waals surface area contributed by atoms with E-state index in [1.807, 2.05) is 12.3 Å². The second-order valence-electron chi connectivity index (χ2n) is 2.74. The Kier molecular flexibility index (Phi) is 2.66. The fraction of sp³-hybridized carbons (Fsp3) is 0.100. The van der Waals surface area contributed by atoms with Crippen LogP contribution >= 0.6 is 0 Å². The SMILES string of the molecule is Cc1cc2ccccc2c[nH+]1.[Cl-]. The normalized spacial score (nSPS) is 9.42. The minimum Gasteiger partial charge on any atom is -1.00 e. The van der Waals surface area contributed by atoms with E-state index in [0.717, 1.165) is 0 Å². The quantitative estimate of drug-likeness (QED) is 0.491. The predicted molar refractivity (Wildman–Crippen MR) is 45.2 cm³/mol. The third-order valence-corrected chi connectivity index (χ3v) is 1.82. The maximum absolute atomic E-state index is 3.17. The number of rotatable bonds is 0. The van der Waals surface area contributed by atoms with E-state index < -0.39 is 0 Å². The molecular weight excluding hydrogens is 170 g/mol. The molecule has 62 valence electrons. The van der Waals surface area contributed by atoms with Crippen LogP contribution in [0.1, 0.15) is 5.69 Å². The highest BCUT2D eigenvalue weighted by Gasteiger charge is 1.95. The van der Waals surface area contributed by atoms with E-state index >= 15 is 0 Å². The molecule has 0 spiro atoms. The number of hydrogen-bond acceptors (Lipinski definition) is 0. The summed E-state index contributed by atoms with van der Waals surface area (Å²) in [5.74, 6) is 0. The second-order valence-corrected chi connectivity index (χ2v) is 2.74. The minimum absolute atomic E-state index is 0. The van der Waals surface area contributed by atoms with Gasteiger partial charge in [-0.05, 0) is 11.5 Å². The Labute approximate surface area is 77.9 Å². The predicted octanol–water partition coefficient (Wildman–Crippen LogP) is -1.03. The van der Waals surface area contributed by atoms with E-state index in [0.29, 0.717) is 0 Å². The van der Waals surface area contributed by atoms with Crippen LogP contribution in [0.15, 0.2) is 36.5 Å². The molecule has 2 aromatic rings. The van der Waals surface area contributed by atoms with Crippen LogP contribution < -0.4 is 17.4 Å². The van der Waals surface area contributed by atoms with E-state index in [4.69, 9.17) is 0 Å². The van der Waals surface area contributed by atoms with Gasteiger partial charge in [0.15, 0.2) is 11.9 Å². The van der Waals surface area contributed by atoms with Gasteiger partial charge in [-0.25, -0.2) is 4.98 Å². The summed E-state index contributed by atoms with van der Waals surface area (Å²) in [5, 5.41) is 2.56. The van der Waals surface area contributed by atoms with Gasteiger partial charge in [-0.1, -0.05) is 18.2 Å². The summed E-state index contributed by atoms with van der Waals surface area (Å²) >= 11 is 0. The lowest BCUT2D eigenvalue weighted by molar-refractivity contribution is -0.385. The topological polar surface area (TPSA) is 14.1 Å². The van der Waals surface area contributed by atoms with Crippen molar-refractivity contribution >= 4 is 10.8 Å². The van der Waals surface area contributed by atoms with Gasteiger partial charge in [0.25, 0.3) is 0 Å². The molecule has 0 aliphatic carbocycles. The van der Waals surface area contributed by atoms with Gasteiger partial charge in [-0.15, -0.1) is 0 Å². The molecule has 1 aromatic carbocycles. The summed E-state index contributed by atoms with van der Waals surface area (Å²) < 4.78 is 0. The number of halogens is 1. The van der Waals surface area contributed by atoms with E-state index in [1.54, 1.807) is 0 Å². The van der Waals surface area contributed by atoms with Crippen molar-refractivity contribution in [2.45, 2.75) is 6.92 Å². The van der Waals surface area contributed by atoms with Crippen LogP contribution in [-0.4, -0.2) is 0 Å². The van der Waals surface area contributed by atoms with Crippen LogP contribution in [0.5, 0.6) is 0 Å². The smallest absolute Gasteiger partial charge is 0.177 e. The zero-order valence-electron chi connectivity index (χ0n) is 6.84. The standard InChI is InChI=1S/C10H9N.ClH/c1-8-6-9-4-2-3-5-10(9)7-11-8;/h2-7H,1H3;1H. The fourth-order valence-corrected chi connectivity index (χ4v) is 1.24. The van der Waals surface area contributed by atoms with Gasteiger partial charge in [-0.2, -0.15) is 0 Å². The molecule has 2 heteroatoms. The Morgan fingerprint density at radius 1 is 1.08 bits per heavy atom.